The lowest BCUT2D eigenvalue weighted by molar-refractivity contribution is -0.137. The first-order valence-corrected chi connectivity index (χ1v) is 12.0. The van der Waals surface area contributed by atoms with E-state index in [9.17, 15) is 22.8 Å². The van der Waals surface area contributed by atoms with Gasteiger partial charge in [0.15, 0.2) is 0 Å². The molecule has 9 nitrogen and oxygen atoms in total. The molecule has 1 saturated heterocycles. The van der Waals surface area contributed by atoms with Gasteiger partial charge in [-0.2, -0.15) is 13.2 Å². The van der Waals surface area contributed by atoms with Crippen LogP contribution in [-0.4, -0.2) is 71.5 Å². The van der Waals surface area contributed by atoms with E-state index < -0.39 is 17.8 Å². The molecular weight excluding hydrogens is 501 g/mol. The van der Waals surface area contributed by atoms with Gasteiger partial charge in [-0.25, -0.2) is 14.8 Å². The highest BCUT2D eigenvalue weighted by atomic mass is 19.4. The lowest BCUT2D eigenvalue weighted by Crippen LogP contribution is -2.47. The van der Waals surface area contributed by atoms with Gasteiger partial charge in [0.1, 0.15) is 17.8 Å². The van der Waals surface area contributed by atoms with Gasteiger partial charge in [-0.05, 0) is 55.4 Å². The van der Waals surface area contributed by atoms with Gasteiger partial charge in [-0.1, -0.05) is 6.07 Å². The number of rotatable bonds is 4. The minimum Gasteiger partial charge on any atom is -0.439 e. The van der Waals surface area contributed by atoms with E-state index in [4.69, 9.17) is 4.74 Å². The van der Waals surface area contributed by atoms with Crippen LogP contribution in [0.4, 0.5) is 29.3 Å². The average molecular weight is 527 g/mol. The normalized spacial score (nSPS) is 15.8. The van der Waals surface area contributed by atoms with Crippen LogP contribution in [0.15, 0.2) is 54.9 Å². The van der Waals surface area contributed by atoms with Gasteiger partial charge in [0, 0.05) is 50.2 Å². The van der Waals surface area contributed by atoms with Crippen molar-refractivity contribution in [3.05, 3.63) is 71.7 Å². The number of urea groups is 1. The monoisotopic (exact) mass is 526 g/mol. The molecule has 5 rings (SSSR count). The lowest BCUT2D eigenvalue weighted by atomic mass is 10.1. The van der Waals surface area contributed by atoms with Gasteiger partial charge in [-0.3, -0.25) is 9.69 Å². The Bertz CT molecular complexity index is 1360. The Kier molecular flexibility index (Phi) is 6.89. The highest BCUT2D eigenvalue weighted by Gasteiger charge is 2.31. The van der Waals surface area contributed by atoms with Gasteiger partial charge in [0.05, 0.1) is 5.56 Å². The van der Waals surface area contributed by atoms with Crippen LogP contribution in [0.2, 0.25) is 0 Å². The van der Waals surface area contributed by atoms with Gasteiger partial charge < -0.3 is 19.9 Å². The average Bonchev–Trinajstić information content (AvgIpc) is 3.32. The molecule has 1 aromatic heterocycles. The summed E-state index contributed by atoms with van der Waals surface area (Å²) in [4.78, 5) is 39.2. The van der Waals surface area contributed by atoms with E-state index in [0.29, 0.717) is 37.5 Å². The molecule has 198 valence electrons. The first-order valence-electron chi connectivity index (χ1n) is 12.0. The van der Waals surface area contributed by atoms with Crippen molar-refractivity contribution in [3.8, 4) is 11.6 Å². The molecule has 12 heteroatoms. The predicted octanol–water partition coefficient (Wildman–Crippen LogP) is 4.27. The maximum absolute atomic E-state index is 13.0. The van der Waals surface area contributed by atoms with Gasteiger partial charge in [0.25, 0.3) is 5.91 Å². The van der Waals surface area contributed by atoms with Crippen LogP contribution in [-0.2, 0) is 12.6 Å². The number of hydrogen-bond acceptors (Lipinski definition) is 6. The van der Waals surface area contributed by atoms with E-state index >= 15 is 0 Å². The molecule has 1 N–H and O–H groups in total. The number of benzene rings is 2. The van der Waals surface area contributed by atoms with E-state index in [1.165, 1.54) is 29.4 Å². The Morgan fingerprint density at radius 3 is 2.53 bits per heavy atom. The van der Waals surface area contributed by atoms with Crippen LogP contribution in [0.1, 0.15) is 21.6 Å². The number of nitrogens with zero attached hydrogens (tertiary/aromatic N) is 5. The summed E-state index contributed by atoms with van der Waals surface area (Å²) in [7, 11) is 2.01. The molecule has 2 aromatic carbocycles. The number of anilines is 2. The fourth-order valence-corrected chi connectivity index (χ4v) is 4.42. The quantitative estimate of drug-likeness (QED) is 0.546. The number of ether oxygens (including phenoxy) is 1. The Balaban J connectivity index is 1.25. The van der Waals surface area contributed by atoms with Crippen LogP contribution in [0.25, 0.3) is 0 Å². The van der Waals surface area contributed by atoms with Crippen LogP contribution in [0.5, 0.6) is 11.6 Å². The van der Waals surface area contributed by atoms with Crippen LogP contribution < -0.4 is 15.0 Å². The molecule has 0 aliphatic carbocycles. The molecule has 2 aliphatic heterocycles. The van der Waals surface area contributed by atoms with Crippen molar-refractivity contribution in [2.45, 2.75) is 12.6 Å². The molecular formula is C26H25F3N6O3. The van der Waals surface area contributed by atoms with Crippen LogP contribution in [0, 0.1) is 0 Å². The highest BCUT2D eigenvalue weighted by molar-refractivity contribution is 6.03. The highest BCUT2D eigenvalue weighted by Crippen LogP contribution is 2.34. The number of alkyl halides is 3. The molecule has 0 saturated carbocycles. The molecule has 2 aliphatic rings. The molecule has 0 radical (unpaired) electrons. The van der Waals surface area contributed by atoms with E-state index in [0.717, 1.165) is 30.8 Å². The fraction of sp³-hybridized carbons (Fsp3) is 0.308. The maximum Gasteiger partial charge on any atom is 0.416 e. The predicted molar refractivity (Wildman–Crippen MR) is 133 cm³/mol. The van der Waals surface area contributed by atoms with Crippen molar-refractivity contribution in [2.24, 2.45) is 0 Å². The molecule has 1 fully saturated rings. The molecule has 3 amide bonds. The fourth-order valence-electron chi connectivity index (χ4n) is 4.42. The number of fused-ring (bicyclic) bond motifs is 1. The van der Waals surface area contributed by atoms with Crippen molar-refractivity contribution in [2.75, 3.05) is 50.0 Å². The third-order valence-electron chi connectivity index (χ3n) is 6.51. The van der Waals surface area contributed by atoms with E-state index in [1.807, 2.05) is 7.05 Å². The van der Waals surface area contributed by atoms with Crippen LogP contribution in [0.3, 0.4) is 0 Å². The summed E-state index contributed by atoms with van der Waals surface area (Å²) in [6, 6.07) is 10.6. The zero-order chi connectivity index (χ0) is 26.9. The number of halogens is 3. The van der Waals surface area contributed by atoms with Gasteiger partial charge in [-0.15, -0.1) is 0 Å². The molecule has 38 heavy (non-hydrogen) atoms. The van der Waals surface area contributed by atoms with Crippen molar-refractivity contribution in [1.29, 1.82) is 0 Å². The number of piperazine rings is 1. The lowest BCUT2D eigenvalue weighted by Gasteiger charge is -2.32. The molecule has 3 aromatic rings. The molecule has 0 spiro atoms. The zero-order valence-electron chi connectivity index (χ0n) is 20.5. The minimum atomic E-state index is -4.50. The van der Waals surface area contributed by atoms with E-state index in [1.54, 1.807) is 23.1 Å². The van der Waals surface area contributed by atoms with Gasteiger partial charge >= 0.3 is 12.2 Å². The van der Waals surface area contributed by atoms with Gasteiger partial charge in [0.2, 0.25) is 5.88 Å². The summed E-state index contributed by atoms with van der Waals surface area (Å²) < 4.78 is 44.9. The van der Waals surface area contributed by atoms with E-state index in [-0.39, 0.29) is 23.2 Å². The third-order valence-corrected chi connectivity index (χ3v) is 6.51. The van der Waals surface area contributed by atoms with E-state index in [2.05, 4.69) is 20.2 Å². The molecule has 0 unspecified atom stereocenters. The number of likely N-dealkylation sites (N-methyl/N-ethyl adjacent to an activating group) is 1. The molecule has 0 bridgehead atoms. The largest absolute Gasteiger partial charge is 0.439 e. The summed E-state index contributed by atoms with van der Waals surface area (Å²) in [5.74, 6) is 0.511. The molecule has 3 heterocycles. The number of carbonyl (C=O) groups is 2. The van der Waals surface area contributed by atoms with Crippen molar-refractivity contribution in [1.82, 2.24) is 19.8 Å². The van der Waals surface area contributed by atoms with Crippen molar-refractivity contribution in [3.63, 3.8) is 0 Å². The Hall–Kier alpha value is -4.19. The number of carbonyl (C=O) groups excluding carboxylic acids is 2. The first-order chi connectivity index (χ1) is 18.2. The molecule has 0 atom stereocenters. The number of aromatic nitrogens is 2. The number of nitrogens with one attached hydrogen (secondary N) is 1. The summed E-state index contributed by atoms with van der Waals surface area (Å²) >= 11 is 0. The Labute approximate surface area is 216 Å². The third kappa shape index (κ3) is 5.54. The Morgan fingerprint density at radius 2 is 1.76 bits per heavy atom. The van der Waals surface area contributed by atoms with Crippen molar-refractivity contribution < 1.29 is 27.5 Å². The standard InChI is InChI=1S/C26H25F3N6O3/c1-33-9-11-34(12-10-33)24(36)21-15-23(31-16-30-21)38-20-5-6-22-17(13-20)7-8-35(22)25(37)32-19-4-2-3-18(14-19)26(27,28)29/h2-6,13-16H,7-12H2,1H3,(H,32,37). The Morgan fingerprint density at radius 1 is 0.974 bits per heavy atom. The topological polar surface area (TPSA) is 90.9 Å². The second kappa shape index (κ2) is 10.3. The van der Waals surface area contributed by atoms with Crippen LogP contribution >= 0.6 is 0 Å². The van der Waals surface area contributed by atoms with Crippen molar-refractivity contribution >= 4 is 23.3 Å². The first kappa shape index (κ1) is 25.5. The minimum absolute atomic E-state index is 0.0592. The zero-order valence-corrected chi connectivity index (χ0v) is 20.5. The summed E-state index contributed by atoms with van der Waals surface area (Å²) in [5.41, 5.74) is 0.944. The maximum atomic E-state index is 13.0. The number of hydrogen-bond donors (Lipinski definition) is 1. The summed E-state index contributed by atoms with van der Waals surface area (Å²) in [6.45, 7) is 3.20. The second-order valence-corrected chi connectivity index (χ2v) is 9.14. The number of amides is 3. The SMILES string of the molecule is CN1CCN(C(=O)c2cc(Oc3ccc4c(c3)CCN4C(=O)Nc3cccc(C(F)(F)F)c3)ncn2)CC1. The summed E-state index contributed by atoms with van der Waals surface area (Å²) in [5, 5.41) is 2.54. The summed E-state index contributed by atoms with van der Waals surface area (Å²) in [6.07, 6.45) is -2.68. The second-order valence-electron chi connectivity index (χ2n) is 9.14. The smallest absolute Gasteiger partial charge is 0.416 e.